The number of furan rings is 2. The molecule has 142 valence electrons. The van der Waals surface area contributed by atoms with Crippen LogP contribution >= 0.6 is 0 Å². The SMILES string of the molecule is O=C(C1=C(O)C(=O)N(CC[NH+]2CCOCC2)[C@@H]1c1ccco1)c1ccco1. The first-order valence-corrected chi connectivity index (χ1v) is 8.94. The fraction of sp³-hybridized carbons (Fsp3) is 0.368. The minimum absolute atomic E-state index is 0.0122. The van der Waals surface area contributed by atoms with Crippen molar-refractivity contribution in [1.29, 1.82) is 0 Å². The van der Waals surface area contributed by atoms with Crippen LogP contribution in [0.4, 0.5) is 0 Å². The second-order valence-electron chi connectivity index (χ2n) is 6.60. The number of morpholine rings is 1. The van der Waals surface area contributed by atoms with Gasteiger partial charge in [0.2, 0.25) is 5.78 Å². The van der Waals surface area contributed by atoms with Crippen LogP contribution in [-0.2, 0) is 9.53 Å². The van der Waals surface area contributed by atoms with E-state index in [0.29, 0.717) is 32.1 Å². The Hall–Kier alpha value is -2.84. The second kappa shape index (κ2) is 7.42. The Morgan fingerprint density at radius 1 is 1.19 bits per heavy atom. The Kier molecular flexibility index (Phi) is 4.83. The van der Waals surface area contributed by atoms with Gasteiger partial charge in [-0.2, -0.15) is 0 Å². The number of amides is 1. The minimum Gasteiger partial charge on any atom is -0.503 e. The summed E-state index contributed by atoms with van der Waals surface area (Å²) in [7, 11) is 0. The summed E-state index contributed by atoms with van der Waals surface area (Å²) in [5.41, 5.74) is -0.0122. The minimum atomic E-state index is -0.773. The average molecular weight is 373 g/mol. The molecule has 1 fully saturated rings. The van der Waals surface area contributed by atoms with E-state index in [9.17, 15) is 14.7 Å². The van der Waals surface area contributed by atoms with Crippen LogP contribution in [0, 0.1) is 0 Å². The maximum atomic E-state index is 12.9. The number of hydrogen-bond donors (Lipinski definition) is 2. The molecular formula is C19H21N2O6+. The summed E-state index contributed by atoms with van der Waals surface area (Å²) in [6.45, 7) is 4.20. The number of nitrogens with one attached hydrogen (secondary N) is 1. The number of aliphatic hydroxyl groups is 1. The molecular weight excluding hydrogens is 352 g/mol. The number of nitrogens with zero attached hydrogens (tertiary/aromatic N) is 1. The maximum absolute atomic E-state index is 12.9. The van der Waals surface area contributed by atoms with Crippen molar-refractivity contribution in [1.82, 2.24) is 4.90 Å². The number of hydrogen-bond acceptors (Lipinski definition) is 6. The molecule has 2 aromatic heterocycles. The fourth-order valence-corrected chi connectivity index (χ4v) is 3.59. The molecule has 4 rings (SSSR count). The molecule has 2 N–H and O–H groups in total. The zero-order valence-corrected chi connectivity index (χ0v) is 14.7. The van der Waals surface area contributed by atoms with Gasteiger partial charge in [-0.25, -0.2) is 0 Å². The topological polar surface area (TPSA) is 97.6 Å². The van der Waals surface area contributed by atoms with Crippen molar-refractivity contribution in [2.45, 2.75) is 6.04 Å². The molecule has 0 aromatic carbocycles. The van der Waals surface area contributed by atoms with Crippen LogP contribution in [0.25, 0.3) is 0 Å². The highest BCUT2D eigenvalue weighted by atomic mass is 16.5. The smallest absolute Gasteiger partial charge is 0.290 e. The first kappa shape index (κ1) is 17.6. The Bertz CT molecular complexity index is 834. The number of ketones is 1. The number of carbonyl (C=O) groups excluding carboxylic acids is 2. The largest absolute Gasteiger partial charge is 0.503 e. The fourth-order valence-electron chi connectivity index (χ4n) is 3.59. The van der Waals surface area contributed by atoms with Gasteiger partial charge in [-0.1, -0.05) is 0 Å². The Labute approximate surface area is 155 Å². The lowest BCUT2D eigenvalue weighted by Gasteiger charge is -2.28. The van der Waals surface area contributed by atoms with Crippen LogP contribution in [0.5, 0.6) is 0 Å². The van der Waals surface area contributed by atoms with E-state index in [2.05, 4.69) is 0 Å². The predicted molar refractivity (Wildman–Crippen MR) is 92.2 cm³/mol. The maximum Gasteiger partial charge on any atom is 0.290 e. The highest BCUT2D eigenvalue weighted by Crippen LogP contribution is 2.38. The lowest BCUT2D eigenvalue weighted by molar-refractivity contribution is -0.907. The van der Waals surface area contributed by atoms with E-state index in [4.69, 9.17) is 13.6 Å². The third-order valence-electron chi connectivity index (χ3n) is 5.01. The highest BCUT2D eigenvalue weighted by molar-refractivity contribution is 6.14. The summed E-state index contributed by atoms with van der Waals surface area (Å²) in [4.78, 5) is 28.4. The van der Waals surface area contributed by atoms with E-state index in [1.165, 1.54) is 28.4 Å². The van der Waals surface area contributed by atoms with E-state index in [1.807, 2.05) is 0 Å². The summed E-state index contributed by atoms with van der Waals surface area (Å²) in [6.07, 6.45) is 2.86. The third kappa shape index (κ3) is 3.29. The van der Waals surface area contributed by atoms with Gasteiger partial charge < -0.3 is 28.5 Å². The lowest BCUT2D eigenvalue weighted by Crippen LogP contribution is -3.14. The summed E-state index contributed by atoms with van der Waals surface area (Å²) in [5.74, 6) is -1.14. The zero-order chi connectivity index (χ0) is 18.8. The molecule has 2 aromatic rings. The normalized spacial score (nSPS) is 21.3. The molecule has 0 spiro atoms. The van der Waals surface area contributed by atoms with E-state index < -0.39 is 23.5 Å². The van der Waals surface area contributed by atoms with Crippen LogP contribution < -0.4 is 4.90 Å². The van der Waals surface area contributed by atoms with Crippen LogP contribution in [0.2, 0.25) is 0 Å². The summed E-state index contributed by atoms with van der Waals surface area (Å²) in [5, 5.41) is 10.5. The molecule has 1 amide bonds. The Morgan fingerprint density at radius 2 is 1.93 bits per heavy atom. The lowest BCUT2D eigenvalue weighted by atomic mass is 10.00. The van der Waals surface area contributed by atoms with Gasteiger partial charge in [0, 0.05) is 0 Å². The molecule has 0 aliphatic carbocycles. The molecule has 2 aliphatic rings. The second-order valence-corrected chi connectivity index (χ2v) is 6.60. The van der Waals surface area contributed by atoms with E-state index in [-0.39, 0.29) is 11.3 Å². The monoisotopic (exact) mass is 373 g/mol. The van der Waals surface area contributed by atoms with Crippen molar-refractivity contribution in [3.8, 4) is 0 Å². The van der Waals surface area contributed by atoms with Crippen molar-refractivity contribution >= 4 is 11.7 Å². The molecule has 0 bridgehead atoms. The molecule has 0 radical (unpaired) electrons. The summed E-state index contributed by atoms with van der Waals surface area (Å²) in [6, 6.07) is 5.71. The van der Waals surface area contributed by atoms with Crippen LogP contribution in [0.1, 0.15) is 22.4 Å². The van der Waals surface area contributed by atoms with E-state index >= 15 is 0 Å². The van der Waals surface area contributed by atoms with Crippen molar-refractivity contribution < 1.29 is 33.2 Å². The number of Topliss-reactive ketones (excluding diaryl/α,β-unsaturated/α-hetero) is 1. The number of carbonyl (C=O) groups is 2. The van der Waals surface area contributed by atoms with Crippen LogP contribution in [0.15, 0.2) is 57.0 Å². The van der Waals surface area contributed by atoms with Crippen LogP contribution in [0.3, 0.4) is 0 Å². The summed E-state index contributed by atoms with van der Waals surface area (Å²) >= 11 is 0. The zero-order valence-electron chi connectivity index (χ0n) is 14.7. The van der Waals surface area contributed by atoms with E-state index in [1.54, 1.807) is 18.2 Å². The predicted octanol–water partition coefficient (Wildman–Crippen LogP) is 0.366. The number of quaternary nitrogens is 1. The molecule has 2 aliphatic heterocycles. The van der Waals surface area contributed by atoms with Gasteiger partial charge in [0.1, 0.15) is 24.9 Å². The van der Waals surface area contributed by atoms with E-state index in [0.717, 1.165) is 13.1 Å². The average Bonchev–Trinajstić information content (AvgIpc) is 3.43. The Morgan fingerprint density at radius 3 is 2.59 bits per heavy atom. The Balaban J connectivity index is 1.62. The molecule has 4 heterocycles. The quantitative estimate of drug-likeness (QED) is 0.710. The molecule has 8 nitrogen and oxygen atoms in total. The summed E-state index contributed by atoms with van der Waals surface area (Å²) < 4.78 is 16.0. The van der Waals surface area contributed by atoms with Crippen molar-refractivity contribution in [3.63, 3.8) is 0 Å². The standard InChI is InChI=1S/C19H20N2O6/c22-17(14-4-2-10-27-14)15-16(13-3-1-9-26-13)21(19(24)18(15)23)6-5-20-7-11-25-12-8-20/h1-4,9-10,16,23H,5-8,11-12H2/p+1/t16-/m1/s1. The first-order chi connectivity index (χ1) is 13.2. The van der Waals surface area contributed by atoms with Crippen molar-refractivity contribution in [2.75, 3.05) is 39.4 Å². The molecule has 1 atom stereocenters. The number of ether oxygens (including phenoxy) is 1. The van der Waals surface area contributed by atoms with Crippen LogP contribution in [-0.4, -0.2) is 61.1 Å². The van der Waals surface area contributed by atoms with Gasteiger partial charge in [-0.15, -0.1) is 0 Å². The molecule has 0 saturated carbocycles. The van der Waals surface area contributed by atoms with Crippen molar-refractivity contribution in [2.24, 2.45) is 0 Å². The van der Waals surface area contributed by atoms with Gasteiger partial charge in [0.05, 0.1) is 44.4 Å². The van der Waals surface area contributed by atoms with Gasteiger partial charge >= 0.3 is 0 Å². The van der Waals surface area contributed by atoms with Gasteiger partial charge in [0.25, 0.3) is 5.91 Å². The molecule has 8 heteroatoms. The number of rotatable bonds is 6. The van der Waals surface area contributed by atoms with Gasteiger partial charge in [0.15, 0.2) is 11.5 Å². The van der Waals surface area contributed by atoms with Gasteiger partial charge in [-0.3, -0.25) is 9.59 Å². The first-order valence-electron chi connectivity index (χ1n) is 8.94. The molecule has 27 heavy (non-hydrogen) atoms. The van der Waals surface area contributed by atoms with Crippen molar-refractivity contribution in [3.05, 3.63) is 59.6 Å². The number of aliphatic hydroxyl groups excluding tert-OH is 1. The van der Waals surface area contributed by atoms with Gasteiger partial charge in [-0.05, 0) is 24.3 Å². The molecule has 0 unspecified atom stereocenters. The highest BCUT2D eigenvalue weighted by Gasteiger charge is 2.46. The molecule has 1 saturated heterocycles. The third-order valence-corrected chi connectivity index (χ3v) is 5.01.